The third-order valence-electron chi connectivity index (χ3n) is 1.91. The number of aliphatic hydroxyl groups excluding tert-OH is 1. The van der Waals surface area contributed by atoms with E-state index < -0.39 is 6.29 Å². The molecule has 0 heterocycles. The molecule has 1 N–H and O–H groups in total. The van der Waals surface area contributed by atoms with Gasteiger partial charge in [0, 0.05) is 6.61 Å². The van der Waals surface area contributed by atoms with Gasteiger partial charge in [-0.25, -0.2) is 0 Å². The summed E-state index contributed by atoms with van der Waals surface area (Å²) in [5.74, 6) is 0. The summed E-state index contributed by atoms with van der Waals surface area (Å²) in [6, 6.07) is 0. The van der Waals surface area contributed by atoms with E-state index in [-0.39, 0.29) is 0 Å². The molecule has 0 aliphatic carbocycles. The molecule has 0 aromatic heterocycles. The molecule has 0 aromatic rings. The number of ether oxygens (including phenoxy) is 5. The van der Waals surface area contributed by atoms with Gasteiger partial charge in [-0.1, -0.05) is 0 Å². The van der Waals surface area contributed by atoms with E-state index in [2.05, 4.69) is 0 Å². The quantitative estimate of drug-likeness (QED) is 0.363. The minimum absolute atomic E-state index is 0.387. The van der Waals surface area contributed by atoms with Gasteiger partial charge in [0.05, 0.1) is 52.9 Å². The lowest BCUT2D eigenvalue weighted by Gasteiger charge is -2.08. The molecule has 0 spiro atoms. The molecule has 0 rings (SSSR count). The van der Waals surface area contributed by atoms with E-state index in [1.165, 1.54) is 0 Å². The Hall–Kier alpha value is -0.240. The van der Waals surface area contributed by atoms with Crippen molar-refractivity contribution in [3.8, 4) is 0 Å². The number of hydrogen-bond acceptors (Lipinski definition) is 6. The number of aliphatic hydroxyl groups is 1. The maximum Gasteiger partial charge on any atom is 0.151 e. The van der Waals surface area contributed by atoms with Gasteiger partial charge < -0.3 is 28.8 Å². The van der Waals surface area contributed by atoms with Crippen LogP contribution in [0.3, 0.4) is 0 Å². The number of rotatable bonds is 14. The monoisotopic (exact) mass is 266 g/mol. The second-order valence-corrected chi connectivity index (χ2v) is 3.50. The van der Waals surface area contributed by atoms with Crippen LogP contribution < -0.4 is 0 Å². The summed E-state index contributed by atoms with van der Waals surface area (Å²) in [5.41, 5.74) is 0. The SMILES string of the molecule is CCOCCOCCOCCOCCOC(C)O. The van der Waals surface area contributed by atoms with Crippen LogP contribution in [0.15, 0.2) is 0 Å². The molecule has 0 saturated heterocycles. The van der Waals surface area contributed by atoms with E-state index in [1.54, 1.807) is 6.92 Å². The normalized spacial score (nSPS) is 12.8. The summed E-state index contributed by atoms with van der Waals surface area (Å²) in [6.45, 7) is 8.48. The first-order valence-electron chi connectivity index (χ1n) is 6.38. The molecule has 18 heavy (non-hydrogen) atoms. The van der Waals surface area contributed by atoms with Gasteiger partial charge in [0.25, 0.3) is 0 Å². The van der Waals surface area contributed by atoms with Crippen LogP contribution in [-0.4, -0.2) is 70.9 Å². The molecule has 6 heteroatoms. The van der Waals surface area contributed by atoms with Crippen LogP contribution in [0.1, 0.15) is 13.8 Å². The van der Waals surface area contributed by atoms with Crippen LogP contribution in [0, 0.1) is 0 Å². The fourth-order valence-corrected chi connectivity index (χ4v) is 1.08. The van der Waals surface area contributed by atoms with Gasteiger partial charge in [0.2, 0.25) is 0 Å². The van der Waals surface area contributed by atoms with Crippen molar-refractivity contribution in [3.05, 3.63) is 0 Å². The average Bonchev–Trinajstić information content (AvgIpc) is 2.34. The van der Waals surface area contributed by atoms with Crippen LogP contribution in [0.2, 0.25) is 0 Å². The van der Waals surface area contributed by atoms with Crippen molar-refractivity contribution in [1.29, 1.82) is 0 Å². The molecule has 0 aliphatic rings. The molecule has 1 atom stereocenters. The molecule has 0 fully saturated rings. The van der Waals surface area contributed by atoms with E-state index in [9.17, 15) is 0 Å². The van der Waals surface area contributed by atoms with Crippen LogP contribution >= 0.6 is 0 Å². The predicted molar refractivity (Wildman–Crippen MR) is 66.6 cm³/mol. The van der Waals surface area contributed by atoms with Gasteiger partial charge in [-0.3, -0.25) is 0 Å². The Labute approximate surface area is 109 Å². The Morgan fingerprint density at radius 1 is 0.722 bits per heavy atom. The lowest BCUT2D eigenvalue weighted by Crippen LogP contribution is -2.15. The zero-order valence-electron chi connectivity index (χ0n) is 11.4. The predicted octanol–water partition coefficient (Wildman–Crippen LogP) is 0.428. The minimum atomic E-state index is -0.737. The topological polar surface area (TPSA) is 66.4 Å². The van der Waals surface area contributed by atoms with Gasteiger partial charge in [0.1, 0.15) is 0 Å². The van der Waals surface area contributed by atoms with Crippen molar-refractivity contribution in [2.45, 2.75) is 20.1 Å². The minimum Gasteiger partial charge on any atom is -0.379 e. The first-order valence-corrected chi connectivity index (χ1v) is 6.38. The largest absolute Gasteiger partial charge is 0.379 e. The summed E-state index contributed by atoms with van der Waals surface area (Å²) in [6.07, 6.45) is -0.737. The average molecular weight is 266 g/mol. The highest BCUT2D eigenvalue weighted by Crippen LogP contribution is 1.85. The van der Waals surface area contributed by atoms with E-state index in [0.717, 1.165) is 6.61 Å². The molecule has 110 valence electrons. The lowest BCUT2D eigenvalue weighted by atomic mass is 10.7. The van der Waals surface area contributed by atoms with Gasteiger partial charge in [0.15, 0.2) is 6.29 Å². The van der Waals surface area contributed by atoms with E-state index in [0.29, 0.717) is 52.9 Å². The Bertz CT molecular complexity index is 154. The first-order chi connectivity index (χ1) is 8.77. The molecular formula is C12H26O6. The van der Waals surface area contributed by atoms with Gasteiger partial charge >= 0.3 is 0 Å². The molecular weight excluding hydrogens is 240 g/mol. The molecule has 6 nitrogen and oxygen atoms in total. The third kappa shape index (κ3) is 15.8. The van der Waals surface area contributed by atoms with Crippen LogP contribution in [-0.2, 0) is 23.7 Å². The van der Waals surface area contributed by atoms with Crippen molar-refractivity contribution in [2.24, 2.45) is 0 Å². The van der Waals surface area contributed by atoms with Crippen LogP contribution in [0.25, 0.3) is 0 Å². The van der Waals surface area contributed by atoms with Crippen LogP contribution in [0.5, 0.6) is 0 Å². The Morgan fingerprint density at radius 3 is 1.50 bits per heavy atom. The Balaban J connectivity index is 2.90. The molecule has 0 aliphatic heterocycles. The zero-order chi connectivity index (χ0) is 13.5. The zero-order valence-corrected chi connectivity index (χ0v) is 11.4. The van der Waals surface area contributed by atoms with Crippen molar-refractivity contribution >= 4 is 0 Å². The Kier molecular flexibility index (Phi) is 14.6. The maximum absolute atomic E-state index is 8.80. The highest BCUT2D eigenvalue weighted by atomic mass is 16.6. The van der Waals surface area contributed by atoms with E-state index >= 15 is 0 Å². The molecule has 0 radical (unpaired) electrons. The first kappa shape index (κ1) is 17.8. The maximum atomic E-state index is 8.80. The smallest absolute Gasteiger partial charge is 0.151 e. The fourth-order valence-electron chi connectivity index (χ4n) is 1.08. The fraction of sp³-hybridized carbons (Fsp3) is 1.00. The Morgan fingerprint density at radius 2 is 1.11 bits per heavy atom. The summed E-state index contributed by atoms with van der Waals surface area (Å²) in [7, 11) is 0. The highest BCUT2D eigenvalue weighted by Gasteiger charge is 1.95. The van der Waals surface area contributed by atoms with Gasteiger partial charge in [-0.05, 0) is 13.8 Å². The molecule has 0 bridgehead atoms. The second-order valence-electron chi connectivity index (χ2n) is 3.50. The summed E-state index contributed by atoms with van der Waals surface area (Å²) >= 11 is 0. The van der Waals surface area contributed by atoms with E-state index in [1.807, 2.05) is 6.92 Å². The standard InChI is InChI=1S/C12H26O6/c1-3-14-4-5-15-6-7-16-8-9-17-10-11-18-12(2)13/h12-13H,3-11H2,1-2H3. The molecule has 1 unspecified atom stereocenters. The van der Waals surface area contributed by atoms with Crippen LogP contribution in [0.4, 0.5) is 0 Å². The summed E-state index contributed by atoms with van der Waals surface area (Å²) < 4.78 is 25.8. The highest BCUT2D eigenvalue weighted by molar-refractivity contribution is 4.35. The van der Waals surface area contributed by atoms with Crippen molar-refractivity contribution < 1.29 is 28.8 Å². The molecule has 0 aromatic carbocycles. The van der Waals surface area contributed by atoms with Crippen molar-refractivity contribution in [2.75, 3.05) is 59.5 Å². The van der Waals surface area contributed by atoms with Crippen molar-refractivity contribution in [3.63, 3.8) is 0 Å². The van der Waals surface area contributed by atoms with Gasteiger partial charge in [-0.15, -0.1) is 0 Å². The number of hydrogen-bond donors (Lipinski definition) is 1. The van der Waals surface area contributed by atoms with Crippen molar-refractivity contribution in [1.82, 2.24) is 0 Å². The van der Waals surface area contributed by atoms with Gasteiger partial charge in [-0.2, -0.15) is 0 Å². The van der Waals surface area contributed by atoms with E-state index in [4.69, 9.17) is 28.8 Å². The summed E-state index contributed by atoms with van der Waals surface area (Å²) in [4.78, 5) is 0. The molecule has 0 saturated carbocycles. The second kappa shape index (κ2) is 14.8. The third-order valence-corrected chi connectivity index (χ3v) is 1.91. The lowest BCUT2D eigenvalue weighted by molar-refractivity contribution is -0.102. The summed E-state index contributed by atoms with van der Waals surface area (Å²) in [5, 5.41) is 8.80. The molecule has 0 amide bonds.